The zero-order valence-corrected chi connectivity index (χ0v) is 12.4. The number of nitrogens with zero attached hydrogens (tertiary/aromatic N) is 1. The Labute approximate surface area is 131 Å². The summed E-state index contributed by atoms with van der Waals surface area (Å²) in [6.07, 6.45) is 0. The van der Waals surface area contributed by atoms with Crippen LogP contribution in [0.3, 0.4) is 0 Å². The molecule has 3 heteroatoms. The molecule has 0 aromatic heterocycles. The number of benzene rings is 3. The van der Waals surface area contributed by atoms with Gasteiger partial charge in [-0.2, -0.15) is 0 Å². The van der Waals surface area contributed by atoms with Crippen molar-refractivity contribution < 1.29 is 4.65 Å². The first-order valence-corrected chi connectivity index (χ1v) is 7.50. The standard InChI is InChI=1S/C19H16BNO/c1-15-9-8-14-18-19(15)22-20(16-10-4-2-5-11-16)21(18)17-12-6-3-7-13-17/h2-14H,1H3. The van der Waals surface area contributed by atoms with Gasteiger partial charge < -0.3 is 9.47 Å². The summed E-state index contributed by atoms with van der Waals surface area (Å²) in [7, 11) is -0.125. The largest absolute Gasteiger partial charge is 0.536 e. The molecule has 3 aromatic carbocycles. The van der Waals surface area contributed by atoms with Crippen molar-refractivity contribution in [3.8, 4) is 5.75 Å². The highest BCUT2D eigenvalue weighted by Crippen LogP contribution is 2.42. The van der Waals surface area contributed by atoms with Crippen LogP contribution in [-0.2, 0) is 0 Å². The first kappa shape index (κ1) is 13.0. The minimum Gasteiger partial charge on any atom is -0.536 e. The van der Waals surface area contributed by atoms with Crippen LogP contribution in [0.1, 0.15) is 5.56 Å². The molecule has 0 saturated heterocycles. The van der Waals surface area contributed by atoms with Gasteiger partial charge >= 0.3 is 7.05 Å². The average molecular weight is 285 g/mol. The Kier molecular flexibility index (Phi) is 3.12. The number of rotatable bonds is 2. The van der Waals surface area contributed by atoms with Crippen LogP contribution in [0.15, 0.2) is 78.9 Å². The fourth-order valence-electron chi connectivity index (χ4n) is 2.97. The minimum absolute atomic E-state index is 0.125. The summed E-state index contributed by atoms with van der Waals surface area (Å²) in [5.41, 5.74) is 4.58. The number of fused-ring (bicyclic) bond motifs is 1. The lowest BCUT2D eigenvalue weighted by molar-refractivity contribution is 0.598. The molecule has 0 spiro atoms. The molecule has 4 rings (SSSR count). The Hall–Kier alpha value is -2.68. The van der Waals surface area contributed by atoms with Crippen molar-refractivity contribution in [1.29, 1.82) is 0 Å². The van der Waals surface area contributed by atoms with Crippen LogP contribution in [0, 0.1) is 6.92 Å². The van der Waals surface area contributed by atoms with Gasteiger partial charge in [0.1, 0.15) is 5.75 Å². The molecule has 0 radical (unpaired) electrons. The maximum Gasteiger partial charge on any atom is 0.524 e. The van der Waals surface area contributed by atoms with Gasteiger partial charge in [0.05, 0.1) is 5.69 Å². The Morgan fingerprint density at radius 3 is 2.18 bits per heavy atom. The number of hydrogen-bond acceptors (Lipinski definition) is 2. The van der Waals surface area contributed by atoms with E-state index in [-0.39, 0.29) is 7.05 Å². The van der Waals surface area contributed by atoms with Crippen LogP contribution in [0.4, 0.5) is 11.4 Å². The van der Waals surface area contributed by atoms with E-state index in [0.717, 1.165) is 28.2 Å². The molecule has 0 atom stereocenters. The van der Waals surface area contributed by atoms with Crippen molar-refractivity contribution in [2.24, 2.45) is 0 Å². The van der Waals surface area contributed by atoms with Crippen molar-refractivity contribution in [1.82, 2.24) is 0 Å². The number of hydrogen-bond donors (Lipinski definition) is 0. The summed E-state index contributed by atoms with van der Waals surface area (Å²) >= 11 is 0. The maximum atomic E-state index is 6.32. The minimum atomic E-state index is -0.125. The van der Waals surface area contributed by atoms with E-state index in [1.165, 1.54) is 0 Å². The fraction of sp³-hybridized carbons (Fsp3) is 0.0526. The molecule has 1 aliphatic rings. The van der Waals surface area contributed by atoms with Crippen molar-refractivity contribution >= 4 is 23.9 Å². The van der Waals surface area contributed by atoms with Crippen molar-refractivity contribution in [2.75, 3.05) is 4.81 Å². The molecule has 2 nitrogen and oxygen atoms in total. The second-order valence-corrected chi connectivity index (χ2v) is 5.51. The van der Waals surface area contributed by atoms with Crippen LogP contribution in [0.2, 0.25) is 0 Å². The van der Waals surface area contributed by atoms with Gasteiger partial charge in [0.2, 0.25) is 0 Å². The molecule has 0 saturated carbocycles. The van der Waals surface area contributed by atoms with Gasteiger partial charge in [0, 0.05) is 5.69 Å². The van der Waals surface area contributed by atoms with Crippen LogP contribution >= 0.6 is 0 Å². The molecule has 0 N–H and O–H groups in total. The van der Waals surface area contributed by atoms with Crippen molar-refractivity contribution in [3.05, 3.63) is 84.4 Å². The van der Waals surface area contributed by atoms with Crippen molar-refractivity contribution in [3.63, 3.8) is 0 Å². The Morgan fingerprint density at radius 1 is 0.773 bits per heavy atom. The molecule has 0 fully saturated rings. The van der Waals surface area contributed by atoms with Crippen LogP contribution in [-0.4, -0.2) is 7.05 Å². The van der Waals surface area contributed by atoms with E-state index in [9.17, 15) is 0 Å². The third-order valence-electron chi connectivity index (χ3n) is 4.03. The van der Waals surface area contributed by atoms with Gasteiger partial charge in [-0.1, -0.05) is 60.7 Å². The van der Waals surface area contributed by atoms with Gasteiger partial charge in [-0.25, -0.2) is 0 Å². The molecule has 0 unspecified atom stereocenters. The molecule has 0 amide bonds. The Bertz CT molecular complexity index is 789. The summed E-state index contributed by atoms with van der Waals surface area (Å²) in [6.45, 7) is 2.09. The lowest BCUT2D eigenvalue weighted by atomic mass is 9.71. The second kappa shape index (κ2) is 5.26. The lowest BCUT2D eigenvalue weighted by Crippen LogP contribution is -2.46. The summed E-state index contributed by atoms with van der Waals surface area (Å²) < 4.78 is 6.32. The summed E-state index contributed by atoms with van der Waals surface area (Å²) in [5, 5.41) is 0. The smallest absolute Gasteiger partial charge is 0.524 e. The Balaban J connectivity index is 1.88. The summed E-state index contributed by atoms with van der Waals surface area (Å²) in [5.74, 6) is 0.972. The SMILES string of the molecule is Cc1cccc2c1OB(c1ccccc1)N2c1ccccc1. The van der Waals surface area contributed by atoms with Gasteiger partial charge in [0.15, 0.2) is 0 Å². The summed E-state index contributed by atoms with van der Waals surface area (Å²) in [6, 6.07) is 27.1. The van der Waals surface area contributed by atoms with E-state index in [2.05, 4.69) is 78.5 Å². The van der Waals surface area contributed by atoms with E-state index in [0.29, 0.717) is 0 Å². The van der Waals surface area contributed by atoms with E-state index in [4.69, 9.17) is 4.65 Å². The van der Waals surface area contributed by atoms with Gasteiger partial charge in [-0.3, -0.25) is 0 Å². The number of para-hydroxylation sites is 2. The molecular formula is C19H16BNO. The fourth-order valence-corrected chi connectivity index (χ4v) is 2.97. The van der Waals surface area contributed by atoms with Crippen LogP contribution in [0.25, 0.3) is 0 Å². The molecule has 0 bridgehead atoms. The first-order chi connectivity index (χ1) is 10.8. The zero-order valence-electron chi connectivity index (χ0n) is 12.4. The molecule has 106 valence electrons. The quantitative estimate of drug-likeness (QED) is 0.662. The molecule has 3 aromatic rings. The van der Waals surface area contributed by atoms with Gasteiger partial charge in [-0.15, -0.1) is 0 Å². The van der Waals surface area contributed by atoms with E-state index >= 15 is 0 Å². The topological polar surface area (TPSA) is 12.5 Å². The average Bonchev–Trinajstić information content (AvgIpc) is 2.97. The lowest BCUT2D eigenvalue weighted by Gasteiger charge is -2.22. The van der Waals surface area contributed by atoms with Gasteiger partial charge in [-0.05, 0) is 36.1 Å². The number of aryl methyl sites for hydroxylation is 1. The van der Waals surface area contributed by atoms with E-state index < -0.39 is 0 Å². The molecule has 1 heterocycles. The normalized spacial score (nSPS) is 13.0. The van der Waals surface area contributed by atoms with Crippen LogP contribution in [0.5, 0.6) is 5.75 Å². The summed E-state index contributed by atoms with van der Waals surface area (Å²) in [4.78, 5) is 2.26. The highest BCUT2D eigenvalue weighted by molar-refractivity contribution is 6.74. The van der Waals surface area contributed by atoms with Gasteiger partial charge in [0.25, 0.3) is 0 Å². The van der Waals surface area contributed by atoms with Crippen LogP contribution < -0.4 is 14.9 Å². The first-order valence-electron chi connectivity index (χ1n) is 7.50. The van der Waals surface area contributed by atoms with Crippen molar-refractivity contribution in [2.45, 2.75) is 6.92 Å². The highest BCUT2D eigenvalue weighted by Gasteiger charge is 2.39. The predicted octanol–water partition coefficient (Wildman–Crippen LogP) is 3.92. The highest BCUT2D eigenvalue weighted by atomic mass is 16.5. The molecule has 1 aliphatic heterocycles. The van der Waals surface area contributed by atoms with E-state index in [1.54, 1.807) is 0 Å². The monoisotopic (exact) mass is 285 g/mol. The van der Waals surface area contributed by atoms with E-state index in [1.807, 2.05) is 12.1 Å². The number of anilines is 2. The third-order valence-corrected chi connectivity index (χ3v) is 4.03. The predicted molar refractivity (Wildman–Crippen MR) is 92.2 cm³/mol. The molecule has 22 heavy (non-hydrogen) atoms. The third kappa shape index (κ3) is 2.06. The molecular weight excluding hydrogens is 269 g/mol. The zero-order chi connectivity index (χ0) is 14.9. The maximum absolute atomic E-state index is 6.32. The Morgan fingerprint density at radius 2 is 1.45 bits per heavy atom. The second-order valence-electron chi connectivity index (χ2n) is 5.51. The molecule has 0 aliphatic carbocycles.